The number of amides is 1. The molecule has 9 heteroatoms. The summed E-state index contributed by atoms with van der Waals surface area (Å²) in [6.45, 7) is 4.76. The van der Waals surface area contributed by atoms with Crippen molar-refractivity contribution < 1.29 is 32.9 Å². The van der Waals surface area contributed by atoms with Gasteiger partial charge in [-0.15, -0.1) is 0 Å². The Morgan fingerprint density at radius 3 is 1.68 bits per heavy atom. The molecule has 0 fully saturated rings. The largest absolute Gasteiger partial charge is 0.472 e. The first-order chi connectivity index (χ1) is 21.0. The van der Waals surface area contributed by atoms with Gasteiger partial charge in [-0.2, -0.15) is 0 Å². The number of hydrogen-bond acceptors (Lipinski definition) is 5. The molecule has 0 spiro atoms. The van der Waals surface area contributed by atoms with Crippen molar-refractivity contribution in [1.82, 2.24) is 5.32 Å². The molecule has 44 heavy (non-hydrogen) atoms. The summed E-state index contributed by atoms with van der Waals surface area (Å²) < 4.78 is 23.4. The number of carbonyl (C=O) groups is 1. The van der Waals surface area contributed by atoms with Crippen LogP contribution in [0.15, 0.2) is 12.2 Å². The molecule has 3 N–H and O–H groups in total. The number of unbranched alkanes of at least 4 members (excludes halogenated alkanes) is 19. The van der Waals surface area contributed by atoms with Crippen LogP contribution in [0.5, 0.6) is 0 Å². The molecule has 0 aromatic rings. The topological polar surface area (TPSA) is 105 Å². The van der Waals surface area contributed by atoms with Crippen molar-refractivity contribution in [2.45, 2.75) is 167 Å². The van der Waals surface area contributed by atoms with E-state index in [-0.39, 0.29) is 19.1 Å². The van der Waals surface area contributed by atoms with Crippen molar-refractivity contribution in [2.24, 2.45) is 0 Å². The third-order valence-electron chi connectivity index (χ3n) is 8.01. The van der Waals surface area contributed by atoms with Crippen LogP contribution >= 0.6 is 7.82 Å². The van der Waals surface area contributed by atoms with Crippen LogP contribution < -0.4 is 5.32 Å². The van der Waals surface area contributed by atoms with Crippen LogP contribution in [0.2, 0.25) is 0 Å². The number of nitrogens with zero attached hydrogens (tertiary/aromatic N) is 1. The lowest BCUT2D eigenvalue weighted by Gasteiger charge is -2.25. The number of aliphatic hydroxyl groups excluding tert-OH is 1. The summed E-state index contributed by atoms with van der Waals surface area (Å²) in [5.41, 5.74) is 0. The number of allylic oxidation sites excluding steroid dienone is 1. The second-order valence-corrected chi connectivity index (χ2v) is 15.1. The molecule has 0 aliphatic rings. The van der Waals surface area contributed by atoms with Gasteiger partial charge in [0.2, 0.25) is 5.91 Å². The Bertz CT molecular complexity index is 743. The molecular formula is C35H72N2O6P+. The van der Waals surface area contributed by atoms with Crippen molar-refractivity contribution in [2.75, 3.05) is 40.9 Å². The molecule has 0 saturated heterocycles. The number of quaternary nitrogens is 1. The van der Waals surface area contributed by atoms with E-state index in [1.165, 1.54) is 96.3 Å². The van der Waals surface area contributed by atoms with Gasteiger partial charge < -0.3 is 19.8 Å². The fourth-order valence-electron chi connectivity index (χ4n) is 5.04. The Morgan fingerprint density at radius 2 is 1.20 bits per heavy atom. The lowest BCUT2D eigenvalue weighted by atomic mass is 10.0. The van der Waals surface area contributed by atoms with E-state index in [0.29, 0.717) is 17.4 Å². The van der Waals surface area contributed by atoms with Gasteiger partial charge in [0.15, 0.2) is 0 Å². The minimum absolute atomic E-state index is 0.0637. The highest BCUT2D eigenvalue weighted by Crippen LogP contribution is 2.43. The van der Waals surface area contributed by atoms with E-state index >= 15 is 0 Å². The quantitative estimate of drug-likeness (QED) is 0.0292. The zero-order valence-electron chi connectivity index (χ0n) is 29.4. The van der Waals surface area contributed by atoms with Crippen LogP contribution in [0, 0.1) is 0 Å². The van der Waals surface area contributed by atoms with Gasteiger partial charge in [0.05, 0.1) is 39.9 Å². The first-order valence-electron chi connectivity index (χ1n) is 18.1. The molecule has 1 unspecified atom stereocenters. The maximum absolute atomic E-state index is 12.7. The number of aliphatic hydroxyl groups is 1. The predicted octanol–water partition coefficient (Wildman–Crippen LogP) is 8.85. The average molecular weight is 648 g/mol. The summed E-state index contributed by atoms with van der Waals surface area (Å²) >= 11 is 0. The van der Waals surface area contributed by atoms with Gasteiger partial charge >= 0.3 is 7.82 Å². The molecule has 0 saturated carbocycles. The zero-order valence-corrected chi connectivity index (χ0v) is 30.3. The number of phosphoric ester groups is 1. The number of phosphoric acid groups is 1. The van der Waals surface area contributed by atoms with Crippen LogP contribution in [-0.4, -0.2) is 73.4 Å². The Labute approximate surface area is 272 Å². The summed E-state index contributed by atoms with van der Waals surface area (Å²) in [7, 11) is 1.57. The van der Waals surface area contributed by atoms with E-state index in [4.69, 9.17) is 9.05 Å². The van der Waals surface area contributed by atoms with Crippen LogP contribution in [0.1, 0.15) is 155 Å². The van der Waals surface area contributed by atoms with Gasteiger partial charge in [0.25, 0.3) is 0 Å². The Hall–Kier alpha value is -0.760. The van der Waals surface area contributed by atoms with Crippen LogP contribution in [0.4, 0.5) is 0 Å². The normalized spacial score (nSPS) is 15.0. The standard InChI is InChI=1S/C35H71N2O6P/c1-6-8-10-12-14-16-17-18-19-21-23-25-27-29-35(39)36-33(32-43-44(40,41)42-31-30-37(3,4)5)34(38)28-26-24-22-20-15-13-11-9-7-2/h26,28,33-34,38H,6-25,27,29-32H2,1-5H3,(H-,36,39,40,41)/p+1/b28-26+/t33-,34+/m0/s1. The molecule has 0 aliphatic carbocycles. The number of carbonyl (C=O) groups excluding carboxylic acids is 1. The van der Waals surface area contributed by atoms with Crippen molar-refractivity contribution in [3.63, 3.8) is 0 Å². The third kappa shape index (κ3) is 29.9. The van der Waals surface area contributed by atoms with Gasteiger partial charge in [0.1, 0.15) is 13.2 Å². The zero-order chi connectivity index (χ0) is 32.9. The molecule has 0 rings (SSSR count). The Balaban J connectivity index is 4.52. The highest BCUT2D eigenvalue weighted by Gasteiger charge is 2.27. The molecule has 0 radical (unpaired) electrons. The summed E-state index contributed by atoms with van der Waals surface area (Å²) in [5.74, 6) is -0.181. The smallest absolute Gasteiger partial charge is 0.387 e. The lowest BCUT2D eigenvalue weighted by Crippen LogP contribution is -2.45. The minimum Gasteiger partial charge on any atom is -0.387 e. The Kier molecular flexibility index (Phi) is 28.0. The summed E-state index contributed by atoms with van der Waals surface area (Å²) in [5, 5.41) is 13.7. The lowest BCUT2D eigenvalue weighted by molar-refractivity contribution is -0.870. The predicted molar refractivity (Wildman–Crippen MR) is 185 cm³/mol. The molecule has 0 heterocycles. The van der Waals surface area contributed by atoms with E-state index in [1.54, 1.807) is 6.08 Å². The fraction of sp³-hybridized carbons (Fsp3) is 0.914. The average Bonchev–Trinajstić information content (AvgIpc) is 2.95. The molecule has 262 valence electrons. The highest BCUT2D eigenvalue weighted by atomic mass is 31.2. The molecule has 0 aliphatic heterocycles. The second-order valence-electron chi connectivity index (χ2n) is 13.6. The summed E-state index contributed by atoms with van der Waals surface area (Å²) in [6.07, 6.45) is 28.4. The summed E-state index contributed by atoms with van der Waals surface area (Å²) in [6, 6.07) is -0.836. The highest BCUT2D eigenvalue weighted by molar-refractivity contribution is 7.47. The van der Waals surface area contributed by atoms with E-state index in [1.807, 2.05) is 27.2 Å². The first-order valence-corrected chi connectivity index (χ1v) is 19.6. The molecule has 3 atom stereocenters. The SMILES string of the molecule is CCCCCCCCC/C=C/[C@@H](O)[C@H](COP(=O)(O)OCC[N+](C)(C)C)NC(=O)CCCCCCCCCCCCCCC. The maximum Gasteiger partial charge on any atom is 0.472 e. The second kappa shape index (κ2) is 28.5. The van der Waals surface area contributed by atoms with Gasteiger partial charge in [0, 0.05) is 6.42 Å². The fourth-order valence-corrected chi connectivity index (χ4v) is 5.77. The molecule has 8 nitrogen and oxygen atoms in total. The molecule has 0 aromatic heterocycles. The number of likely N-dealkylation sites (N-methyl/N-ethyl adjacent to an activating group) is 1. The van der Waals surface area contributed by atoms with Gasteiger partial charge in [-0.1, -0.05) is 142 Å². The third-order valence-corrected chi connectivity index (χ3v) is 8.99. The van der Waals surface area contributed by atoms with Crippen molar-refractivity contribution in [3.05, 3.63) is 12.2 Å². The van der Waals surface area contributed by atoms with E-state index < -0.39 is 20.0 Å². The first kappa shape index (κ1) is 43.2. The number of nitrogens with one attached hydrogen (secondary N) is 1. The van der Waals surface area contributed by atoms with Gasteiger partial charge in [-0.25, -0.2) is 4.57 Å². The van der Waals surface area contributed by atoms with E-state index in [9.17, 15) is 19.4 Å². The molecular weight excluding hydrogens is 575 g/mol. The number of rotatable bonds is 32. The molecule has 0 aromatic carbocycles. The van der Waals surface area contributed by atoms with Crippen molar-refractivity contribution in [3.8, 4) is 0 Å². The van der Waals surface area contributed by atoms with Crippen LogP contribution in [0.3, 0.4) is 0 Å². The number of hydrogen-bond donors (Lipinski definition) is 3. The Morgan fingerprint density at radius 1 is 0.750 bits per heavy atom. The maximum atomic E-state index is 12.7. The van der Waals surface area contributed by atoms with Crippen molar-refractivity contribution >= 4 is 13.7 Å². The molecule has 0 bridgehead atoms. The summed E-state index contributed by atoms with van der Waals surface area (Å²) in [4.78, 5) is 22.9. The van der Waals surface area contributed by atoms with Gasteiger partial charge in [-0.3, -0.25) is 13.8 Å². The minimum atomic E-state index is -4.32. The van der Waals surface area contributed by atoms with Crippen LogP contribution in [-0.2, 0) is 18.4 Å². The monoisotopic (exact) mass is 648 g/mol. The van der Waals surface area contributed by atoms with Crippen LogP contribution in [0.25, 0.3) is 0 Å². The van der Waals surface area contributed by atoms with E-state index in [0.717, 1.165) is 38.5 Å². The van der Waals surface area contributed by atoms with Crippen molar-refractivity contribution in [1.29, 1.82) is 0 Å². The van der Waals surface area contributed by atoms with Gasteiger partial charge in [-0.05, 0) is 19.3 Å². The molecule has 1 amide bonds. The van der Waals surface area contributed by atoms with E-state index in [2.05, 4.69) is 19.2 Å².